The maximum Gasteiger partial charge on any atom is 0.0897 e. The van der Waals surface area contributed by atoms with Crippen LogP contribution in [0.25, 0.3) is 0 Å². The van der Waals surface area contributed by atoms with Crippen LogP contribution in [0.1, 0.15) is 41.5 Å². The predicted octanol–water partition coefficient (Wildman–Crippen LogP) is 4.55. The molecule has 1 saturated heterocycles. The van der Waals surface area contributed by atoms with E-state index < -0.39 is 0 Å². The van der Waals surface area contributed by atoms with E-state index in [0.29, 0.717) is 12.0 Å². The first-order chi connectivity index (χ1) is 9.86. The van der Waals surface area contributed by atoms with E-state index in [2.05, 4.69) is 48.0 Å². The van der Waals surface area contributed by atoms with Crippen molar-refractivity contribution in [2.24, 2.45) is 5.92 Å². The molecule has 104 valence electrons. The van der Waals surface area contributed by atoms with Gasteiger partial charge in [-0.25, -0.2) is 0 Å². The Kier molecular flexibility index (Phi) is 3.04. The van der Waals surface area contributed by atoms with E-state index in [9.17, 15) is 0 Å². The summed E-state index contributed by atoms with van der Waals surface area (Å²) in [5.74, 6) is 0.563. The highest BCUT2D eigenvalue weighted by Gasteiger charge is 2.41. The van der Waals surface area contributed by atoms with Crippen LogP contribution in [0.3, 0.4) is 0 Å². The zero-order valence-electron chi connectivity index (χ0n) is 11.6. The van der Waals surface area contributed by atoms with Crippen LogP contribution in [0.15, 0.2) is 35.7 Å². The second-order valence-electron chi connectivity index (χ2n) is 5.66. The quantitative estimate of drug-likeness (QED) is 0.873. The minimum Gasteiger partial charge on any atom is -0.377 e. The summed E-state index contributed by atoms with van der Waals surface area (Å²) >= 11 is 1.84. The fourth-order valence-electron chi connectivity index (χ4n) is 3.49. The third kappa shape index (κ3) is 1.88. The van der Waals surface area contributed by atoms with E-state index in [0.717, 1.165) is 19.4 Å². The SMILES string of the molecule is CCc1ccc2c(c1)[C@H]1OCC[C@H]1[C@@H](c1cccs1)N2. The topological polar surface area (TPSA) is 21.3 Å². The zero-order valence-corrected chi connectivity index (χ0v) is 12.5. The molecule has 0 amide bonds. The highest BCUT2D eigenvalue weighted by atomic mass is 32.1. The van der Waals surface area contributed by atoms with Crippen molar-refractivity contribution in [2.75, 3.05) is 11.9 Å². The Labute approximate surface area is 123 Å². The summed E-state index contributed by atoms with van der Waals surface area (Å²) in [5, 5.41) is 5.92. The molecule has 1 aromatic heterocycles. The third-order valence-electron chi connectivity index (χ3n) is 4.56. The van der Waals surface area contributed by atoms with E-state index in [1.807, 2.05) is 11.3 Å². The van der Waals surface area contributed by atoms with Crippen LogP contribution >= 0.6 is 11.3 Å². The lowest BCUT2D eigenvalue weighted by Crippen LogP contribution is -2.28. The van der Waals surface area contributed by atoms with E-state index in [-0.39, 0.29) is 6.10 Å². The van der Waals surface area contributed by atoms with Crippen LogP contribution in [0.4, 0.5) is 5.69 Å². The highest BCUT2D eigenvalue weighted by molar-refractivity contribution is 7.10. The van der Waals surface area contributed by atoms with E-state index in [1.165, 1.54) is 21.7 Å². The molecule has 3 heteroatoms. The van der Waals surface area contributed by atoms with Gasteiger partial charge in [-0.15, -0.1) is 11.3 Å². The van der Waals surface area contributed by atoms with Crippen LogP contribution in [-0.2, 0) is 11.2 Å². The molecule has 3 atom stereocenters. The maximum atomic E-state index is 6.08. The summed E-state index contributed by atoms with van der Waals surface area (Å²) in [7, 11) is 0. The van der Waals surface area contributed by atoms with Crippen LogP contribution < -0.4 is 5.32 Å². The maximum absolute atomic E-state index is 6.08. The minimum atomic E-state index is 0.268. The Morgan fingerprint density at radius 2 is 2.30 bits per heavy atom. The molecule has 2 aromatic rings. The van der Waals surface area contributed by atoms with Crippen molar-refractivity contribution in [1.82, 2.24) is 0 Å². The van der Waals surface area contributed by atoms with Crippen LogP contribution in [-0.4, -0.2) is 6.61 Å². The standard InChI is InChI=1S/C17H19NOS/c1-2-11-5-6-14-13(10-11)17-12(7-8-19-17)16(18-14)15-4-3-9-20-15/h3-6,9-10,12,16-18H,2,7-8H2,1H3/t12-,16-,17-/m0/s1. The number of nitrogens with one attached hydrogen (secondary N) is 1. The first-order valence-electron chi connectivity index (χ1n) is 7.41. The lowest BCUT2D eigenvalue weighted by Gasteiger charge is -2.36. The van der Waals surface area contributed by atoms with Gasteiger partial charge in [0.1, 0.15) is 0 Å². The molecule has 0 saturated carbocycles. The summed E-state index contributed by atoms with van der Waals surface area (Å²) < 4.78 is 6.08. The molecular formula is C17H19NOS. The van der Waals surface area contributed by atoms with Crippen LogP contribution in [0.2, 0.25) is 0 Å². The second kappa shape index (κ2) is 4.90. The van der Waals surface area contributed by atoms with Gasteiger partial charge in [-0.05, 0) is 35.9 Å². The summed E-state index contributed by atoms with van der Waals surface area (Å²) in [5.41, 5.74) is 4.01. The number of benzene rings is 1. The van der Waals surface area contributed by atoms with Crippen LogP contribution in [0.5, 0.6) is 0 Å². The largest absolute Gasteiger partial charge is 0.377 e. The summed E-state index contributed by atoms with van der Waals surface area (Å²) in [6.07, 6.45) is 2.50. The van der Waals surface area contributed by atoms with E-state index in [4.69, 9.17) is 4.74 Å². The number of anilines is 1. The Morgan fingerprint density at radius 1 is 1.35 bits per heavy atom. The van der Waals surface area contributed by atoms with Gasteiger partial charge in [-0.1, -0.05) is 25.1 Å². The number of aryl methyl sites for hydroxylation is 1. The van der Waals surface area contributed by atoms with Gasteiger partial charge in [0.25, 0.3) is 0 Å². The lowest BCUT2D eigenvalue weighted by molar-refractivity contribution is 0.0832. The second-order valence-corrected chi connectivity index (χ2v) is 6.64. The van der Waals surface area contributed by atoms with E-state index >= 15 is 0 Å². The average molecular weight is 285 g/mol. The molecule has 2 aliphatic rings. The zero-order chi connectivity index (χ0) is 13.5. The molecule has 2 aliphatic heterocycles. The van der Waals surface area contributed by atoms with Gasteiger partial charge in [0, 0.05) is 28.7 Å². The van der Waals surface area contributed by atoms with Crippen molar-refractivity contribution in [1.29, 1.82) is 0 Å². The van der Waals surface area contributed by atoms with Crippen molar-refractivity contribution in [2.45, 2.75) is 31.9 Å². The highest BCUT2D eigenvalue weighted by Crippen LogP contribution is 2.50. The normalized spacial score (nSPS) is 27.8. The van der Waals surface area contributed by atoms with E-state index in [1.54, 1.807) is 0 Å². The van der Waals surface area contributed by atoms with Crippen molar-refractivity contribution >= 4 is 17.0 Å². The Balaban J connectivity index is 1.78. The number of thiophene rings is 1. The number of ether oxygens (including phenoxy) is 1. The lowest BCUT2D eigenvalue weighted by atomic mass is 9.83. The van der Waals surface area contributed by atoms with Crippen LogP contribution in [0, 0.1) is 5.92 Å². The summed E-state index contributed by atoms with van der Waals surface area (Å²) in [4.78, 5) is 1.43. The molecule has 1 aromatic carbocycles. The van der Waals surface area contributed by atoms with Gasteiger partial charge in [0.15, 0.2) is 0 Å². The van der Waals surface area contributed by atoms with Gasteiger partial charge in [0.05, 0.1) is 12.1 Å². The fourth-order valence-corrected chi connectivity index (χ4v) is 4.34. The average Bonchev–Trinajstić information content (AvgIpc) is 3.17. The van der Waals surface area contributed by atoms with Gasteiger partial charge in [-0.2, -0.15) is 0 Å². The molecule has 0 bridgehead atoms. The van der Waals surface area contributed by atoms with Gasteiger partial charge < -0.3 is 10.1 Å². The molecule has 0 unspecified atom stereocenters. The van der Waals surface area contributed by atoms with Gasteiger partial charge in [0.2, 0.25) is 0 Å². The molecular weight excluding hydrogens is 266 g/mol. The molecule has 1 N–H and O–H groups in total. The first kappa shape index (κ1) is 12.4. The monoisotopic (exact) mass is 285 g/mol. The third-order valence-corrected chi connectivity index (χ3v) is 5.51. The molecule has 1 fully saturated rings. The van der Waals surface area contributed by atoms with Crippen molar-refractivity contribution in [3.63, 3.8) is 0 Å². The molecule has 3 heterocycles. The smallest absolute Gasteiger partial charge is 0.0897 e. The molecule has 20 heavy (non-hydrogen) atoms. The fraction of sp³-hybridized carbons (Fsp3) is 0.412. The molecule has 2 nitrogen and oxygen atoms in total. The number of rotatable bonds is 2. The predicted molar refractivity (Wildman–Crippen MR) is 83.3 cm³/mol. The van der Waals surface area contributed by atoms with Crippen molar-refractivity contribution < 1.29 is 4.74 Å². The Morgan fingerprint density at radius 3 is 3.10 bits per heavy atom. The minimum absolute atomic E-state index is 0.268. The number of hydrogen-bond donors (Lipinski definition) is 1. The molecule has 4 rings (SSSR count). The molecule has 0 radical (unpaired) electrons. The Bertz CT molecular complexity index is 607. The first-order valence-corrected chi connectivity index (χ1v) is 8.29. The summed E-state index contributed by atoms with van der Waals surface area (Å²) in [6, 6.07) is 11.6. The van der Waals surface area contributed by atoms with Gasteiger partial charge in [-0.3, -0.25) is 0 Å². The number of hydrogen-bond acceptors (Lipinski definition) is 3. The van der Waals surface area contributed by atoms with Gasteiger partial charge >= 0.3 is 0 Å². The number of fused-ring (bicyclic) bond motifs is 3. The summed E-state index contributed by atoms with van der Waals surface area (Å²) in [6.45, 7) is 3.09. The van der Waals surface area contributed by atoms with Crippen molar-refractivity contribution in [3.8, 4) is 0 Å². The van der Waals surface area contributed by atoms with Crippen molar-refractivity contribution in [3.05, 3.63) is 51.7 Å². The Hall–Kier alpha value is -1.32. The molecule has 0 spiro atoms. The molecule has 0 aliphatic carbocycles.